The van der Waals surface area contributed by atoms with E-state index in [1.165, 1.54) is 48.7 Å². The van der Waals surface area contributed by atoms with Gasteiger partial charge >= 0.3 is 22.8 Å². The number of nitrogens with zero attached hydrogens (tertiary/aromatic N) is 4. The average Bonchev–Trinajstić information content (AvgIpc) is 1.59. The van der Waals surface area contributed by atoms with Crippen LogP contribution in [-0.4, -0.2) is 200 Å². The molecule has 8 saturated heterocycles. The van der Waals surface area contributed by atoms with E-state index in [0.717, 1.165) is 18.1 Å². The highest BCUT2D eigenvalue weighted by Crippen LogP contribution is 2.55. The van der Waals surface area contributed by atoms with Crippen molar-refractivity contribution in [2.24, 2.45) is 0 Å². The molecule has 0 aliphatic carbocycles. The summed E-state index contributed by atoms with van der Waals surface area (Å²) in [4.78, 5) is 124. The van der Waals surface area contributed by atoms with E-state index in [4.69, 9.17) is 74.5 Å². The van der Waals surface area contributed by atoms with Gasteiger partial charge in [0.25, 0.3) is 22.2 Å². The van der Waals surface area contributed by atoms with E-state index < -0.39 is 232 Å². The minimum absolute atomic E-state index is 0.00801. The first kappa shape index (κ1) is 107. The second-order valence-corrected chi connectivity index (χ2v) is 70.2. The molecule has 20 unspecified atom stereocenters. The van der Waals surface area contributed by atoms with Crippen molar-refractivity contribution in [3.05, 3.63) is 131 Å². The van der Waals surface area contributed by atoms with E-state index in [1.54, 1.807) is 41.5 Å². The lowest BCUT2D eigenvalue weighted by Crippen LogP contribution is -2.54. The van der Waals surface area contributed by atoms with Gasteiger partial charge in [0, 0.05) is 30.5 Å². The van der Waals surface area contributed by atoms with E-state index in [9.17, 15) is 24.0 Å². The Morgan fingerprint density at radius 3 is 0.756 bits per heavy atom. The molecule has 12 rings (SSSR count). The molecular formula is C98H152N8O24Si5. The molecule has 8 aliphatic heterocycles. The van der Waals surface area contributed by atoms with Gasteiger partial charge in [0.1, 0.15) is 123 Å². The van der Waals surface area contributed by atoms with Gasteiger partial charge in [-0.25, -0.2) is 19.2 Å². The number of nitrogens with one attached hydrogen (secondary N) is 4. The van der Waals surface area contributed by atoms with Gasteiger partial charge in [-0.05, 0) is 158 Å². The van der Waals surface area contributed by atoms with E-state index >= 15 is 14.4 Å². The van der Waals surface area contributed by atoms with Crippen molar-refractivity contribution in [1.29, 1.82) is 0 Å². The van der Waals surface area contributed by atoms with E-state index in [0.29, 0.717) is 0 Å². The van der Waals surface area contributed by atoms with Crippen molar-refractivity contribution >= 4 is 41.3 Å². The summed E-state index contributed by atoms with van der Waals surface area (Å²) in [5.41, 5.74) is -2.86. The molecule has 0 saturated carbocycles. The van der Waals surface area contributed by atoms with Crippen molar-refractivity contribution in [2.75, 3.05) is 0 Å². The van der Waals surface area contributed by atoms with Crippen LogP contribution in [0.4, 0.5) is 0 Å². The fraction of sp³-hybridized carbons (Fsp3) is 0.755. The highest BCUT2D eigenvalue weighted by atomic mass is 28.4. The molecule has 32 nitrogen and oxygen atoms in total. The zero-order chi connectivity index (χ0) is 100. The van der Waals surface area contributed by atoms with Crippen molar-refractivity contribution in [3.8, 4) is 47.0 Å². The van der Waals surface area contributed by atoms with Gasteiger partial charge in [-0.1, -0.05) is 211 Å². The molecule has 0 amide bonds. The van der Waals surface area contributed by atoms with Gasteiger partial charge in [-0.3, -0.25) is 57.4 Å². The fourth-order valence-electron chi connectivity index (χ4n) is 24.3. The van der Waals surface area contributed by atoms with E-state index in [-0.39, 0.29) is 83.6 Å². The molecule has 8 fully saturated rings. The van der Waals surface area contributed by atoms with Gasteiger partial charge in [0.15, 0.2) is 48.1 Å². The van der Waals surface area contributed by atoms with Crippen LogP contribution in [0.15, 0.2) is 68.8 Å². The van der Waals surface area contributed by atoms with Crippen LogP contribution in [0.5, 0.6) is 0 Å². The third kappa shape index (κ3) is 20.5. The summed E-state index contributed by atoms with van der Waals surface area (Å²) in [6.07, 6.45) is -21.3. The van der Waals surface area contributed by atoms with Gasteiger partial charge in [0.2, 0.25) is 33.3 Å². The Balaban J connectivity index is 0.993. The minimum atomic E-state index is -3.18. The maximum Gasteiger partial charge on any atom is 0.331 e. The number of aromatic amines is 4. The molecule has 37 heteroatoms. The van der Waals surface area contributed by atoms with Crippen molar-refractivity contribution < 1.29 is 74.5 Å². The van der Waals surface area contributed by atoms with Crippen LogP contribution in [0, 0.1) is 47.0 Å². The summed E-state index contributed by atoms with van der Waals surface area (Å²) in [5.74, 6) is 18.6. The third-order valence-corrected chi connectivity index (χ3v) is 59.0. The number of ether oxygens (including phenoxy) is 12. The van der Waals surface area contributed by atoms with Crippen LogP contribution in [0.2, 0.25) is 84.6 Å². The molecule has 135 heavy (non-hydrogen) atoms. The third-order valence-electron chi connectivity index (χ3n) is 30.0. The average molecular weight is 1970 g/mol. The molecular weight excluding hydrogens is 1810 g/mol. The fourth-order valence-corrected chi connectivity index (χ4v) is 48.6. The molecule has 748 valence electrons. The van der Waals surface area contributed by atoms with Crippen LogP contribution in [0.3, 0.4) is 0 Å². The topological polar surface area (TPSA) is 367 Å². The maximum atomic E-state index is 15.5. The summed E-state index contributed by atoms with van der Waals surface area (Å²) < 4.78 is 120. The van der Waals surface area contributed by atoms with Gasteiger partial charge in [-0.2, -0.15) is 0 Å². The standard InChI is InChI=1S/C98H152N8O24Si5/c1-36-131(37-2,38-3)48-46-70(130-135(61(22)23,62(24)25)63(26)27)78-82-86(126-98(34,35)122-82)90(118-78)106-66(51-74(110)102-94(106)114)41-44-69(129-134(58(16)17,59(18)19)60(20)21)77-81-85(125-97(32,33)121-81)89(117-77)105-65(50-73(109)101-93(105)113)40-43-68(128-133(55(10)11,56(12)13)57(14)15)76-80-84(124-96(30,31)120-80)88(116-76)104-64(49-72(108)100-92(104)112)39-42-67(127-132(52(4)5,53(6)7)54(8)9)75-79-83(123-95(28,29)119-79)87(115-75)103-47-45-71(107)99-91(103)111/h45,47,49-63,67-70,75-90H,36-38H2,1-35H3,(H,99,107,111)(H,100,108,112)(H,101,109,113)(H,102,110,114). The minimum Gasteiger partial charge on any atom is -0.400 e. The lowest BCUT2D eigenvalue weighted by molar-refractivity contribution is -0.204. The molecule has 4 aromatic rings. The van der Waals surface area contributed by atoms with Gasteiger partial charge in [-0.15, -0.1) is 5.54 Å². The lowest BCUT2D eigenvalue weighted by atomic mass is 10.0. The Hall–Kier alpha value is -6.60. The Labute approximate surface area is 800 Å². The summed E-state index contributed by atoms with van der Waals surface area (Å²) in [6, 6.07) is 7.63. The molecule has 20 atom stereocenters. The number of rotatable bonds is 31. The molecule has 4 N–H and O–H groups in total. The number of hydrogen-bond donors (Lipinski definition) is 4. The van der Waals surface area contributed by atoms with Crippen LogP contribution < -0.4 is 45.0 Å². The first-order valence-corrected chi connectivity index (χ1v) is 60.2. The zero-order valence-corrected chi connectivity index (χ0v) is 91.1. The molecule has 0 radical (unpaired) electrons. The molecule has 8 aliphatic rings. The smallest absolute Gasteiger partial charge is 0.331 e. The number of hydrogen-bond acceptors (Lipinski definition) is 24. The summed E-state index contributed by atoms with van der Waals surface area (Å²) in [5, 5.41) is 0. The van der Waals surface area contributed by atoms with Crippen LogP contribution in [0.25, 0.3) is 0 Å². The van der Waals surface area contributed by atoms with E-state index in [1.807, 2.05) is 13.8 Å². The van der Waals surface area contributed by atoms with Crippen LogP contribution in [0.1, 0.15) is 284 Å². The number of aromatic nitrogens is 8. The van der Waals surface area contributed by atoms with Crippen molar-refractivity contribution in [1.82, 2.24) is 38.2 Å². The van der Waals surface area contributed by atoms with Crippen LogP contribution in [-0.2, 0) is 74.5 Å². The number of H-pyrrole nitrogens is 4. The zero-order valence-electron chi connectivity index (χ0n) is 86.1. The Bertz CT molecular complexity index is 5630. The van der Waals surface area contributed by atoms with Crippen molar-refractivity contribution in [3.63, 3.8) is 0 Å². The predicted octanol–water partition coefficient (Wildman–Crippen LogP) is 14.2. The molecule has 0 spiro atoms. The van der Waals surface area contributed by atoms with Crippen molar-refractivity contribution in [2.45, 2.75) is 473 Å². The van der Waals surface area contributed by atoms with Gasteiger partial charge < -0.3 is 74.5 Å². The largest absolute Gasteiger partial charge is 0.400 e. The quantitative estimate of drug-likeness (QED) is 0.0268. The Morgan fingerprint density at radius 1 is 0.311 bits per heavy atom. The Kier molecular flexibility index (Phi) is 32.1. The molecule has 12 heterocycles. The SMILES string of the molecule is CC[Si](C#CC(O[Si](C(C)C)(C(C)C)C(C)C)C1OC(n2c(C#CC(O[Si](C(C)C)(C(C)C)C(C)C)C3OC(n4c(C#CC(O[Si](C(C)C)(C(C)C)C(C)C)C5OC(n6c(C#CC(O[Si](C(C)C)(C(C)C)C(C)C)C7OC(n8ccc(=O)[nH]c8=O)C8OC(C)(C)OC78)cc(=O)[nH]c6=O)C6OC(C)(C)OC56)cc(=O)[nH]c4=O)C4OC(C)(C)OC34)cc(=O)[nH]c2=O)C2OC(C)(C)OC12)(CC)CC. The van der Waals surface area contributed by atoms with Crippen LogP contribution >= 0.6 is 0 Å². The lowest BCUT2D eigenvalue weighted by Gasteiger charge is -2.45. The summed E-state index contributed by atoms with van der Waals surface area (Å²) >= 11 is 0. The van der Waals surface area contributed by atoms with E-state index in [2.05, 4.69) is 254 Å². The summed E-state index contributed by atoms with van der Waals surface area (Å²) in [7, 11) is -14.2. The first-order chi connectivity index (χ1) is 62.8. The predicted molar refractivity (Wildman–Crippen MR) is 526 cm³/mol. The summed E-state index contributed by atoms with van der Waals surface area (Å²) in [6.45, 7) is 72.1. The highest BCUT2D eigenvalue weighted by molar-refractivity contribution is 6.87. The second-order valence-electron chi connectivity index (χ2n) is 43.7. The molecule has 0 aromatic carbocycles. The normalized spacial score (nSPS) is 27.8. The monoisotopic (exact) mass is 1960 g/mol. The van der Waals surface area contributed by atoms with Gasteiger partial charge in [0.05, 0.1) is 0 Å². The maximum absolute atomic E-state index is 15.5. The highest BCUT2D eigenvalue weighted by Gasteiger charge is 2.66. The number of fused-ring (bicyclic) bond motifs is 4. The Morgan fingerprint density at radius 2 is 0.526 bits per heavy atom. The molecule has 4 aromatic heterocycles. The second kappa shape index (κ2) is 40.4. The molecule has 0 bridgehead atoms. The first-order valence-electron chi connectivity index (χ1n) is 49.0.